The van der Waals surface area contributed by atoms with E-state index < -0.39 is 0 Å². The van der Waals surface area contributed by atoms with Crippen LogP contribution in [0.4, 0.5) is 11.5 Å². The SMILES string of the molecule is Cc1nc(Nc2ccc(C(C)(C)C)cc2)cc(C(=O)NC(C)(C)C)n1. The van der Waals surface area contributed by atoms with Crippen molar-refractivity contribution in [2.75, 3.05) is 5.32 Å². The van der Waals surface area contributed by atoms with Crippen LogP contribution >= 0.6 is 0 Å². The molecule has 0 fully saturated rings. The van der Waals surface area contributed by atoms with Crippen molar-refractivity contribution in [3.05, 3.63) is 47.4 Å². The predicted molar refractivity (Wildman–Crippen MR) is 102 cm³/mol. The van der Waals surface area contributed by atoms with E-state index in [-0.39, 0.29) is 16.9 Å². The van der Waals surface area contributed by atoms with Gasteiger partial charge in [-0.1, -0.05) is 32.9 Å². The molecule has 0 spiro atoms. The Hall–Kier alpha value is -2.43. The zero-order valence-electron chi connectivity index (χ0n) is 16.2. The van der Waals surface area contributed by atoms with Crippen molar-refractivity contribution in [1.29, 1.82) is 0 Å². The molecule has 1 amide bonds. The number of rotatable bonds is 3. The van der Waals surface area contributed by atoms with E-state index >= 15 is 0 Å². The minimum Gasteiger partial charge on any atom is -0.346 e. The fourth-order valence-corrected chi connectivity index (χ4v) is 2.35. The van der Waals surface area contributed by atoms with Gasteiger partial charge in [0.1, 0.15) is 17.3 Å². The number of hydrogen-bond acceptors (Lipinski definition) is 4. The molecule has 5 nitrogen and oxygen atoms in total. The molecule has 0 aliphatic rings. The molecule has 1 heterocycles. The lowest BCUT2D eigenvalue weighted by Crippen LogP contribution is -2.41. The van der Waals surface area contributed by atoms with Crippen molar-refractivity contribution in [1.82, 2.24) is 15.3 Å². The third-order valence-electron chi connectivity index (χ3n) is 3.58. The van der Waals surface area contributed by atoms with Gasteiger partial charge in [-0.25, -0.2) is 9.97 Å². The molecule has 1 aromatic heterocycles. The molecule has 5 heteroatoms. The van der Waals surface area contributed by atoms with E-state index in [1.807, 2.05) is 32.9 Å². The Morgan fingerprint density at radius 3 is 2.08 bits per heavy atom. The molecule has 2 N–H and O–H groups in total. The van der Waals surface area contributed by atoms with Crippen LogP contribution in [-0.2, 0) is 5.41 Å². The molecule has 1 aromatic carbocycles. The van der Waals surface area contributed by atoms with Gasteiger partial charge in [-0.3, -0.25) is 4.79 Å². The lowest BCUT2D eigenvalue weighted by atomic mass is 9.87. The summed E-state index contributed by atoms with van der Waals surface area (Å²) in [6.07, 6.45) is 0. The van der Waals surface area contributed by atoms with E-state index in [0.29, 0.717) is 17.3 Å². The summed E-state index contributed by atoms with van der Waals surface area (Å²) in [7, 11) is 0. The summed E-state index contributed by atoms with van der Waals surface area (Å²) in [6, 6.07) is 9.92. The van der Waals surface area contributed by atoms with Crippen molar-refractivity contribution in [3.63, 3.8) is 0 Å². The Bertz CT molecular complexity index is 753. The zero-order valence-corrected chi connectivity index (χ0v) is 16.2. The molecule has 0 aliphatic carbocycles. The zero-order chi connectivity index (χ0) is 18.8. The van der Waals surface area contributed by atoms with Crippen LogP contribution in [0.1, 0.15) is 63.4 Å². The van der Waals surface area contributed by atoms with Crippen LogP contribution in [0.15, 0.2) is 30.3 Å². The third kappa shape index (κ3) is 5.55. The molecule has 2 aromatic rings. The lowest BCUT2D eigenvalue weighted by Gasteiger charge is -2.20. The lowest BCUT2D eigenvalue weighted by molar-refractivity contribution is 0.0914. The monoisotopic (exact) mass is 340 g/mol. The molecule has 0 bridgehead atoms. The van der Waals surface area contributed by atoms with E-state index in [2.05, 4.69) is 53.5 Å². The fraction of sp³-hybridized carbons (Fsp3) is 0.450. The number of amides is 1. The normalized spacial score (nSPS) is 12.0. The molecule has 0 saturated carbocycles. The maximum atomic E-state index is 12.3. The molecule has 2 rings (SSSR count). The van der Waals surface area contributed by atoms with Crippen LogP contribution in [0.3, 0.4) is 0 Å². The second-order valence-electron chi connectivity index (χ2n) is 8.34. The van der Waals surface area contributed by atoms with Crippen molar-refractivity contribution < 1.29 is 4.79 Å². The van der Waals surface area contributed by atoms with Crippen molar-refractivity contribution >= 4 is 17.4 Å². The molecule has 0 atom stereocenters. The molecule has 134 valence electrons. The number of anilines is 2. The van der Waals surface area contributed by atoms with Crippen molar-refractivity contribution in [2.45, 2.75) is 59.4 Å². The van der Waals surface area contributed by atoms with Gasteiger partial charge in [0.25, 0.3) is 5.91 Å². The molecule has 0 aliphatic heterocycles. The summed E-state index contributed by atoms with van der Waals surface area (Å²) in [4.78, 5) is 21.0. The highest BCUT2D eigenvalue weighted by Crippen LogP contribution is 2.24. The Morgan fingerprint density at radius 2 is 1.56 bits per heavy atom. The molecule has 0 saturated heterocycles. The van der Waals surface area contributed by atoms with Gasteiger partial charge in [0, 0.05) is 17.3 Å². The summed E-state index contributed by atoms with van der Waals surface area (Å²) < 4.78 is 0. The molecule has 0 radical (unpaired) electrons. The van der Waals surface area contributed by atoms with Crippen molar-refractivity contribution in [3.8, 4) is 0 Å². The number of aryl methyl sites for hydroxylation is 1. The summed E-state index contributed by atoms with van der Waals surface area (Å²) in [6.45, 7) is 14.1. The second kappa shape index (κ2) is 6.82. The first-order valence-corrected chi connectivity index (χ1v) is 8.50. The highest BCUT2D eigenvalue weighted by Gasteiger charge is 2.18. The largest absolute Gasteiger partial charge is 0.346 e. The fourth-order valence-electron chi connectivity index (χ4n) is 2.35. The first-order valence-electron chi connectivity index (χ1n) is 8.50. The minimum atomic E-state index is -0.313. The van der Waals surface area contributed by atoms with E-state index in [9.17, 15) is 4.79 Å². The Kier molecular flexibility index (Phi) is 5.16. The molecule has 25 heavy (non-hydrogen) atoms. The maximum Gasteiger partial charge on any atom is 0.270 e. The van der Waals surface area contributed by atoms with Crippen LogP contribution in [-0.4, -0.2) is 21.4 Å². The summed E-state index contributed by atoms with van der Waals surface area (Å²) in [5.74, 6) is 0.953. The van der Waals surface area contributed by atoms with Crippen LogP contribution < -0.4 is 10.6 Å². The number of aromatic nitrogens is 2. The Morgan fingerprint density at radius 1 is 0.960 bits per heavy atom. The van der Waals surface area contributed by atoms with E-state index in [1.165, 1.54) is 5.56 Å². The van der Waals surface area contributed by atoms with Gasteiger partial charge in [0.05, 0.1) is 0 Å². The first kappa shape index (κ1) is 18.9. The van der Waals surface area contributed by atoms with Crippen LogP contribution in [0.2, 0.25) is 0 Å². The van der Waals surface area contributed by atoms with Gasteiger partial charge in [0.2, 0.25) is 0 Å². The van der Waals surface area contributed by atoms with Gasteiger partial charge >= 0.3 is 0 Å². The average Bonchev–Trinajstić information content (AvgIpc) is 2.44. The smallest absolute Gasteiger partial charge is 0.270 e. The van der Waals surface area contributed by atoms with Crippen LogP contribution in [0, 0.1) is 6.92 Å². The van der Waals surface area contributed by atoms with Gasteiger partial charge in [-0.15, -0.1) is 0 Å². The van der Waals surface area contributed by atoms with Gasteiger partial charge in [-0.05, 0) is 50.8 Å². The van der Waals surface area contributed by atoms with Crippen molar-refractivity contribution in [2.24, 2.45) is 0 Å². The number of carbonyl (C=O) groups is 1. The summed E-state index contributed by atoms with van der Waals surface area (Å²) >= 11 is 0. The first-order chi connectivity index (χ1) is 11.4. The van der Waals surface area contributed by atoms with Gasteiger partial charge in [-0.2, -0.15) is 0 Å². The predicted octanol–water partition coefficient (Wildman–Crippen LogP) is 4.35. The quantitative estimate of drug-likeness (QED) is 0.871. The number of benzene rings is 1. The number of nitrogens with zero attached hydrogens (tertiary/aromatic N) is 2. The summed E-state index contributed by atoms with van der Waals surface area (Å²) in [5.41, 5.74) is 2.35. The topological polar surface area (TPSA) is 66.9 Å². The van der Waals surface area contributed by atoms with E-state index in [0.717, 1.165) is 5.69 Å². The molecular formula is C20H28N4O. The Balaban J connectivity index is 2.21. The third-order valence-corrected chi connectivity index (χ3v) is 3.58. The second-order valence-corrected chi connectivity index (χ2v) is 8.34. The minimum absolute atomic E-state index is 0.113. The average molecular weight is 340 g/mol. The van der Waals surface area contributed by atoms with Crippen LogP contribution in [0.5, 0.6) is 0 Å². The van der Waals surface area contributed by atoms with E-state index in [4.69, 9.17) is 0 Å². The summed E-state index contributed by atoms with van der Waals surface area (Å²) in [5, 5.41) is 6.17. The highest BCUT2D eigenvalue weighted by molar-refractivity contribution is 5.93. The van der Waals surface area contributed by atoms with Crippen LogP contribution in [0.25, 0.3) is 0 Å². The Labute approximate surface area is 150 Å². The molecule has 0 unspecified atom stereocenters. The standard InChI is InChI=1S/C20H28N4O/c1-13-21-16(18(25)24-20(5,6)7)12-17(22-13)23-15-10-8-14(9-11-15)19(2,3)4/h8-12H,1-7H3,(H,24,25)(H,21,22,23). The highest BCUT2D eigenvalue weighted by atomic mass is 16.2. The van der Waals surface area contributed by atoms with Gasteiger partial charge in [0.15, 0.2) is 0 Å². The number of hydrogen-bond donors (Lipinski definition) is 2. The number of nitrogens with one attached hydrogen (secondary N) is 2. The van der Waals surface area contributed by atoms with E-state index in [1.54, 1.807) is 13.0 Å². The number of carbonyl (C=O) groups excluding carboxylic acids is 1. The molecular weight excluding hydrogens is 312 g/mol. The maximum absolute atomic E-state index is 12.3. The van der Waals surface area contributed by atoms with Gasteiger partial charge < -0.3 is 10.6 Å².